The summed E-state index contributed by atoms with van der Waals surface area (Å²) >= 11 is 0. The number of rotatable bonds is 4. The molecule has 146 valence electrons. The van der Waals surface area contributed by atoms with E-state index in [9.17, 15) is 8.42 Å². The van der Waals surface area contributed by atoms with Gasteiger partial charge in [0.1, 0.15) is 5.82 Å². The molecule has 0 unspecified atom stereocenters. The molecule has 0 amide bonds. The van der Waals surface area contributed by atoms with E-state index in [0.717, 1.165) is 41.1 Å². The van der Waals surface area contributed by atoms with Gasteiger partial charge in [-0.25, -0.2) is 17.7 Å². The first-order chi connectivity index (χ1) is 13.4. The average molecular weight is 398 g/mol. The summed E-state index contributed by atoms with van der Waals surface area (Å²) in [5, 5.41) is 0. The zero-order valence-electron chi connectivity index (χ0n) is 15.9. The normalized spacial score (nSPS) is 15.3. The number of hydrogen-bond donors (Lipinski definition) is 0. The van der Waals surface area contributed by atoms with Crippen molar-refractivity contribution < 1.29 is 13.2 Å². The summed E-state index contributed by atoms with van der Waals surface area (Å²) in [5.41, 5.74) is 3.53. The van der Waals surface area contributed by atoms with Gasteiger partial charge in [0, 0.05) is 27.2 Å². The zero-order valence-corrected chi connectivity index (χ0v) is 16.7. The van der Waals surface area contributed by atoms with Gasteiger partial charge in [-0.1, -0.05) is 18.2 Å². The number of hydrogen-bond acceptors (Lipinski definition) is 6. The summed E-state index contributed by atoms with van der Waals surface area (Å²) in [7, 11) is -0.383. The van der Waals surface area contributed by atoms with Crippen LogP contribution in [0.3, 0.4) is 0 Å². The lowest BCUT2D eigenvalue weighted by molar-refractivity contribution is 0.122. The first-order valence-corrected chi connectivity index (χ1v) is 10.5. The molecule has 0 saturated carbocycles. The van der Waals surface area contributed by atoms with Gasteiger partial charge in [-0.05, 0) is 35.4 Å². The maximum absolute atomic E-state index is 12.2. The highest BCUT2D eigenvalue weighted by Crippen LogP contribution is 2.26. The van der Waals surface area contributed by atoms with Crippen LogP contribution in [-0.4, -0.2) is 63.1 Å². The van der Waals surface area contributed by atoms with Crippen molar-refractivity contribution in [2.24, 2.45) is 0 Å². The number of fused-ring (bicyclic) bond motifs is 1. The fourth-order valence-corrected chi connectivity index (χ4v) is 4.06. The Kier molecular flexibility index (Phi) is 5.01. The third-order valence-electron chi connectivity index (χ3n) is 4.83. The van der Waals surface area contributed by atoms with E-state index in [1.165, 1.54) is 18.4 Å². The van der Waals surface area contributed by atoms with E-state index >= 15 is 0 Å². The molecule has 2 heterocycles. The van der Waals surface area contributed by atoms with Crippen LogP contribution in [0.4, 0.5) is 5.82 Å². The lowest BCUT2D eigenvalue weighted by atomic mass is 10.1. The van der Waals surface area contributed by atoms with Crippen LogP contribution in [0.2, 0.25) is 0 Å². The second kappa shape index (κ2) is 7.46. The molecule has 2 aromatic carbocycles. The van der Waals surface area contributed by atoms with Crippen LogP contribution < -0.4 is 4.90 Å². The van der Waals surface area contributed by atoms with Crippen LogP contribution in [-0.2, 0) is 14.8 Å². The molecule has 0 N–H and O–H groups in total. The highest BCUT2D eigenvalue weighted by molar-refractivity contribution is 7.89. The Hall–Kier alpha value is -2.55. The first kappa shape index (κ1) is 18.8. The molecule has 0 spiro atoms. The van der Waals surface area contributed by atoms with Crippen LogP contribution in [0, 0.1) is 0 Å². The Balaban J connectivity index is 1.67. The number of anilines is 1. The second-order valence-corrected chi connectivity index (χ2v) is 8.99. The van der Waals surface area contributed by atoms with Crippen LogP contribution in [0.15, 0.2) is 53.6 Å². The summed E-state index contributed by atoms with van der Waals surface area (Å²) in [6, 6.07) is 12.8. The number of ether oxygens (including phenoxy) is 1. The van der Waals surface area contributed by atoms with Gasteiger partial charge in [-0.15, -0.1) is 0 Å². The lowest BCUT2D eigenvalue weighted by Gasteiger charge is -2.27. The third-order valence-corrected chi connectivity index (χ3v) is 6.66. The molecule has 4 rings (SSSR count). The highest BCUT2D eigenvalue weighted by Gasteiger charge is 2.17. The molecule has 0 radical (unpaired) electrons. The standard InChI is InChI=1S/C20H22N4O3S/c1-23(2)28(25,26)17-6-3-15(4-7-17)16-5-8-18-19(13-16)22-20(14-21-18)24-9-11-27-12-10-24/h3-8,13-14H,9-12H2,1-2H3. The van der Waals surface area contributed by atoms with E-state index < -0.39 is 10.0 Å². The molecule has 0 atom stereocenters. The Morgan fingerprint density at radius 1 is 0.964 bits per heavy atom. The Bertz CT molecular complexity index is 1090. The summed E-state index contributed by atoms with van der Waals surface area (Å²) in [6.07, 6.45) is 1.80. The van der Waals surface area contributed by atoms with Gasteiger partial charge < -0.3 is 9.64 Å². The summed E-state index contributed by atoms with van der Waals surface area (Å²) < 4.78 is 31.1. The molecule has 1 aliphatic rings. The largest absolute Gasteiger partial charge is 0.378 e. The topological polar surface area (TPSA) is 75.6 Å². The molecule has 1 aliphatic heterocycles. The molecule has 0 bridgehead atoms. The number of sulfonamides is 1. The van der Waals surface area contributed by atoms with Gasteiger partial charge in [0.2, 0.25) is 10.0 Å². The Morgan fingerprint density at radius 3 is 2.32 bits per heavy atom. The minimum absolute atomic E-state index is 0.274. The van der Waals surface area contributed by atoms with E-state index in [0.29, 0.717) is 13.2 Å². The van der Waals surface area contributed by atoms with Crippen molar-refractivity contribution in [3.05, 3.63) is 48.7 Å². The van der Waals surface area contributed by atoms with Gasteiger partial charge >= 0.3 is 0 Å². The molecule has 3 aromatic rings. The molecular formula is C20H22N4O3S. The number of benzene rings is 2. The maximum atomic E-state index is 12.2. The van der Waals surface area contributed by atoms with Crippen LogP contribution >= 0.6 is 0 Å². The van der Waals surface area contributed by atoms with Gasteiger partial charge in [-0.3, -0.25) is 4.98 Å². The Labute approximate surface area is 164 Å². The maximum Gasteiger partial charge on any atom is 0.242 e. The average Bonchev–Trinajstić information content (AvgIpc) is 2.73. The quantitative estimate of drug-likeness (QED) is 0.672. The van der Waals surface area contributed by atoms with Crippen molar-refractivity contribution >= 4 is 26.9 Å². The fraction of sp³-hybridized carbons (Fsp3) is 0.300. The number of nitrogens with zero attached hydrogens (tertiary/aromatic N) is 4. The monoisotopic (exact) mass is 398 g/mol. The van der Waals surface area contributed by atoms with E-state index in [4.69, 9.17) is 9.72 Å². The van der Waals surface area contributed by atoms with Gasteiger partial charge in [0.25, 0.3) is 0 Å². The van der Waals surface area contributed by atoms with Crippen molar-refractivity contribution in [3.8, 4) is 11.1 Å². The van der Waals surface area contributed by atoms with Crippen LogP contribution in [0.25, 0.3) is 22.2 Å². The fourth-order valence-electron chi connectivity index (χ4n) is 3.16. The minimum atomic E-state index is -3.43. The molecule has 0 aliphatic carbocycles. The minimum Gasteiger partial charge on any atom is -0.378 e. The van der Waals surface area contributed by atoms with E-state index in [1.54, 1.807) is 18.3 Å². The van der Waals surface area contributed by atoms with Gasteiger partial charge in [0.05, 0.1) is 35.3 Å². The number of aromatic nitrogens is 2. The van der Waals surface area contributed by atoms with E-state index in [1.807, 2.05) is 30.3 Å². The van der Waals surface area contributed by atoms with E-state index in [2.05, 4.69) is 9.88 Å². The lowest BCUT2D eigenvalue weighted by Crippen LogP contribution is -2.36. The molecule has 1 aromatic heterocycles. The van der Waals surface area contributed by atoms with E-state index in [-0.39, 0.29) is 4.90 Å². The second-order valence-electron chi connectivity index (χ2n) is 6.84. The summed E-state index contributed by atoms with van der Waals surface area (Å²) in [5.74, 6) is 0.848. The molecule has 7 nitrogen and oxygen atoms in total. The van der Waals surface area contributed by atoms with Crippen molar-refractivity contribution in [3.63, 3.8) is 0 Å². The van der Waals surface area contributed by atoms with Crippen molar-refractivity contribution in [1.82, 2.24) is 14.3 Å². The Morgan fingerprint density at radius 2 is 1.64 bits per heavy atom. The number of morpholine rings is 1. The molecule has 8 heteroatoms. The van der Waals surface area contributed by atoms with Crippen LogP contribution in [0.1, 0.15) is 0 Å². The van der Waals surface area contributed by atoms with Gasteiger partial charge in [-0.2, -0.15) is 0 Å². The summed E-state index contributed by atoms with van der Waals surface area (Å²) in [4.78, 5) is 11.7. The molecule has 28 heavy (non-hydrogen) atoms. The van der Waals surface area contributed by atoms with Crippen molar-refractivity contribution in [1.29, 1.82) is 0 Å². The van der Waals surface area contributed by atoms with Crippen molar-refractivity contribution in [2.75, 3.05) is 45.3 Å². The van der Waals surface area contributed by atoms with Crippen molar-refractivity contribution in [2.45, 2.75) is 4.90 Å². The predicted molar refractivity (Wildman–Crippen MR) is 109 cm³/mol. The predicted octanol–water partition coefficient (Wildman–Crippen LogP) is 2.38. The first-order valence-electron chi connectivity index (χ1n) is 9.07. The molecule has 1 saturated heterocycles. The van der Waals surface area contributed by atoms with Crippen LogP contribution in [0.5, 0.6) is 0 Å². The summed E-state index contributed by atoms with van der Waals surface area (Å²) in [6.45, 7) is 3.01. The highest BCUT2D eigenvalue weighted by atomic mass is 32.2. The third kappa shape index (κ3) is 3.58. The molecule has 1 fully saturated rings. The van der Waals surface area contributed by atoms with Gasteiger partial charge in [0.15, 0.2) is 0 Å². The zero-order chi connectivity index (χ0) is 19.7. The SMILES string of the molecule is CN(C)S(=O)(=O)c1ccc(-c2ccc3ncc(N4CCOCC4)nc3c2)cc1. The smallest absolute Gasteiger partial charge is 0.242 e. The molecular weight excluding hydrogens is 376 g/mol.